The van der Waals surface area contributed by atoms with Gasteiger partial charge in [0, 0.05) is 17.9 Å². The second-order valence-corrected chi connectivity index (χ2v) is 5.47. The maximum Gasteiger partial charge on any atom is 0.137 e. The van der Waals surface area contributed by atoms with Crippen molar-refractivity contribution in [2.75, 3.05) is 7.11 Å². The van der Waals surface area contributed by atoms with Gasteiger partial charge in [-0.1, -0.05) is 41.0 Å². The summed E-state index contributed by atoms with van der Waals surface area (Å²) in [6.45, 7) is 0. The van der Waals surface area contributed by atoms with Crippen molar-refractivity contribution in [3.05, 3.63) is 64.7 Å². The van der Waals surface area contributed by atoms with E-state index in [1.54, 1.807) is 7.11 Å². The van der Waals surface area contributed by atoms with E-state index in [1.807, 2.05) is 42.5 Å². The molecule has 0 amide bonds. The summed E-state index contributed by atoms with van der Waals surface area (Å²) in [7, 11) is 1.67. The average Bonchev–Trinajstić information content (AvgIpc) is 2.96. The second kappa shape index (κ2) is 6.19. The smallest absolute Gasteiger partial charge is 0.137 e. The number of hydrogen-bond donors (Lipinski definition) is 0. The third-order valence-corrected chi connectivity index (χ3v) is 3.76. The molecular weight excluding hydrogens is 286 g/mol. The molecule has 1 heterocycles. The molecule has 0 radical (unpaired) electrons. The van der Waals surface area contributed by atoms with E-state index in [0.717, 1.165) is 34.9 Å². The van der Waals surface area contributed by atoms with Gasteiger partial charge in [-0.3, -0.25) is 0 Å². The minimum Gasteiger partial charge on any atom is -0.497 e. The number of methoxy groups -OCH3 is 1. The molecule has 1 aliphatic heterocycles. The van der Waals surface area contributed by atoms with Gasteiger partial charge < -0.3 is 9.57 Å². The van der Waals surface area contributed by atoms with Crippen LogP contribution in [0.3, 0.4) is 0 Å². The van der Waals surface area contributed by atoms with E-state index in [1.165, 1.54) is 5.56 Å². The number of hydrogen-bond acceptors (Lipinski definition) is 3. The topological polar surface area (TPSA) is 30.8 Å². The van der Waals surface area contributed by atoms with Crippen LogP contribution in [0, 0.1) is 0 Å². The molecule has 0 saturated carbocycles. The summed E-state index contributed by atoms with van der Waals surface area (Å²) in [5.41, 5.74) is 3.22. The molecule has 1 atom stereocenters. The number of benzene rings is 2. The number of halogens is 1. The summed E-state index contributed by atoms with van der Waals surface area (Å²) in [4.78, 5) is 5.54. The lowest BCUT2D eigenvalue weighted by Crippen LogP contribution is -2.11. The molecule has 0 N–H and O–H groups in total. The molecule has 3 rings (SSSR count). The zero-order valence-electron chi connectivity index (χ0n) is 11.8. The van der Waals surface area contributed by atoms with Crippen molar-refractivity contribution >= 4 is 17.3 Å². The van der Waals surface area contributed by atoms with Crippen LogP contribution in [-0.4, -0.2) is 18.9 Å². The zero-order chi connectivity index (χ0) is 14.7. The molecule has 0 bridgehead atoms. The Morgan fingerprint density at radius 1 is 1.24 bits per heavy atom. The van der Waals surface area contributed by atoms with Crippen LogP contribution in [0.25, 0.3) is 0 Å². The molecule has 0 fully saturated rings. The van der Waals surface area contributed by atoms with Gasteiger partial charge in [0.05, 0.1) is 12.8 Å². The molecule has 1 aliphatic rings. The van der Waals surface area contributed by atoms with Gasteiger partial charge in [0.1, 0.15) is 11.9 Å². The molecule has 21 heavy (non-hydrogen) atoms. The molecule has 108 valence electrons. The molecule has 0 unspecified atom stereocenters. The van der Waals surface area contributed by atoms with Gasteiger partial charge in [-0.15, -0.1) is 0 Å². The van der Waals surface area contributed by atoms with Gasteiger partial charge in [-0.25, -0.2) is 0 Å². The van der Waals surface area contributed by atoms with E-state index in [2.05, 4.69) is 11.2 Å². The first-order valence-corrected chi connectivity index (χ1v) is 7.24. The number of rotatable bonds is 4. The van der Waals surface area contributed by atoms with Crippen molar-refractivity contribution in [1.82, 2.24) is 0 Å². The standard InChI is InChI=1S/C17H16ClNO2/c1-20-15-4-2-3-12(9-15)10-16-11-17(19-21-16)13-5-7-14(18)8-6-13/h2-9,16H,10-11H2,1H3/t16-/m1/s1. The van der Waals surface area contributed by atoms with Gasteiger partial charge in [0.2, 0.25) is 0 Å². The van der Waals surface area contributed by atoms with Crippen molar-refractivity contribution in [1.29, 1.82) is 0 Å². The number of ether oxygens (including phenoxy) is 1. The molecule has 4 heteroatoms. The van der Waals surface area contributed by atoms with Gasteiger partial charge in [-0.05, 0) is 35.4 Å². The van der Waals surface area contributed by atoms with Crippen LogP contribution in [0.1, 0.15) is 17.5 Å². The predicted molar refractivity (Wildman–Crippen MR) is 84.2 cm³/mol. The molecule has 3 nitrogen and oxygen atoms in total. The zero-order valence-corrected chi connectivity index (χ0v) is 12.5. The lowest BCUT2D eigenvalue weighted by atomic mass is 10.0. The van der Waals surface area contributed by atoms with E-state index in [0.29, 0.717) is 0 Å². The van der Waals surface area contributed by atoms with Crippen LogP contribution in [0.15, 0.2) is 53.7 Å². The molecule has 2 aromatic rings. The van der Waals surface area contributed by atoms with Crippen molar-refractivity contribution in [3.63, 3.8) is 0 Å². The van der Waals surface area contributed by atoms with E-state index >= 15 is 0 Å². The Bertz CT molecular complexity index is 652. The van der Waals surface area contributed by atoms with Gasteiger partial charge >= 0.3 is 0 Å². The minimum absolute atomic E-state index is 0.0720. The highest BCUT2D eigenvalue weighted by molar-refractivity contribution is 6.30. The van der Waals surface area contributed by atoms with Crippen molar-refractivity contribution in [3.8, 4) is 5.75 Å². The largest absolute Gasteiger partial charge is 0.497 e. The fourth-order valence-corrected chi connectivity index (χ4v) is 2.54. The van der Waals surface area contributed by atoms with E-state index < -0.39 is 0 Å². The second-order valence-electron chi connectivity index (χ2n) is 5.03. The van der Waals surface area contributed by atoms with Crippen molar-refractivity contribution < 1.29 is 9.57 Å². The van der Waals surface area contributed by atoms with E-state index in [4.69, 9.17) is 21.2 Å². The Kier molecular flexibility index (Phi) is 4.11. The fourth-order valence-electron chi connectivity index (χ4n) is 2.41. The van der Waals surface area contributed by atoms with Crippen LogP contribution >= 0.6 is 11.6 Å². The normalized spacial score (nSPS) is 17.2. The van der Waals surface area contributed by atoms with Crippen LogP contribution < -0.4 is 4.74 Å². The molecular formula is C17H16ClNO2. The Balaban J connectivity index is 1.64. The van der Waals surface area contributed by atoms with Crippen molar-refractivity contribution in [2.45, 2.75) is 18.9 Å². The SMILES string of the molecule is COc1cccc(C[C@@H]2CC(c3ccc(Cl)cc3)=NO2)c1. The predicted octanol–water partition coefficient (Wildman–Crippen LogP) is 4.08. The van der Waals surface area contributed by atoms with Crippen LogP contribution in [0.2, 0.25) is 5.02 Å². The first-order chi connectivity index (χ1) is 10.2. The highest BCUT2D eigenvalue weighted by Crippen LogP contribution is 2.22. The summed E-state index contributed by atoms with van der Waals surface area (Å²) in [6, 6.07) is 15.7. The Labute approximate surface area is 129 Å². The summed E-state index contributed by atoms with van der Waals surface area (Å²) in [5, 5.41) is 4.93. The summed E-state index contributed by atoms with van der Waals surface area (Å²) < 4.78 is 5.24. The monoisotopic (exact) mass is 301 g/mol. The molecule has 0 spiro atoms. The lowest BCUT2D eigenvalue weighted by molar-refractivity contribution is 0.0859. The first kappa shape index (κ1) is 14.0. The van der Waals surface area contributed by atoms with Crippen molar-refractivity contribution in [2.24, 2.45) is 5.16 Å². The molecule has 0 aromatic heterocycles. The van der Waals surface area contributed by atoms with Gasteiger partial charge in [0.15, 0.2) is 0 Å². The molecule has 0 saturated heterocycles. The van der Waals surface area contributed by atoms with Crippen LogP contribution in [0.5, 0.6) is 5.75 Å². The number of oxime groups is 1. The maximum absolute atomic E-state index is 5.90. The minimum atomic E-state index is 0.0720. The van der Waals surface area contributed by atoms with Gasteiger partial charge in [0.25, 0.3) is 0 Å². The maximum atomic E-state index is 5.90. The fraction of sp³-hybridized carbons (Fsp3) is 0.235. The Morgan fingerprint density at radius 3 is 2.81 bits per heavy atom. The van der Waals surface area contributed by atoms with Crippen LogP contribution in [-0.2, 0) is 11.3 Å². The Hall–Kier alpha value is -2.00. The summed E-state index contributed by atoms with van der Waals surface area (Å²) >= 11 is 5.90. The average molecular weight is 302 g/mol. The number of nitrogens with zero attached hydrogens (tertiary/aromatic N) is 1. The first-order valence-electron chi connectivity index (χ1n) is 6.86. The third-order valence-electron chi connectivity index (χ3n) is 3.51. The quantitative estimate of drug-likeness (QED) is 0.852. The van der Waals surface area contributed by atoms with E-state index in [-0.39, 0.29) is 6.10 Å². The summed E-state index contributed by atoms with van der Waals surface area (Å²) in [5.74, 6) is 0.865. The van der Waals surface area contributed by atoms with Gasteiger partial charge in [-0.2, -0.15) is 0 Å². The third kappa shape index (κ3) is 3.37. The molecule has 2 aromatic carbocycles. The lowest BCUT2D eigenvalue weighted by Gasteiger charge is -2.09. The summed E-state index contributed by atoms with van der Waals surface area (Å²) in [6.07, 6.45) is 1.69. The molecule has 0 aliphatic carbocycles. The highest BCUT2D eigenvalue weighted by Gasteiger charge is 2.22. The van der Waals surface area contributed by atoms with E-state index in [9.17, 15) is 0 Å². The highest BCUT2D eigenvalue weighted by atomic mass is 35.5. The van der Waals surface area contributed by atoms with Crippen LogP contribution in [0.4, 0.5) is 0 Å². The Morgan fingerprint density at radius 2 is 2.05 bits per heavy atom.